The fourth-order valence-electron chi connectivity index (χ4n) is 3.36. The van der Waals surface area contributed by atoms with Gasteiger partial charge in [0.25, 0.3) is 0 Å². The smallest absolute Gasteiger partial charge is 0.208 e. The maximum atomic E-state index is 13.3. The van der Waals surface area contributed by atoms with Crippen molar-refractivity contribution >= 4 is 61.5 Å². The van der Waals surface area contributed by atoms with Gasteiger partial charge in [0.15, 0.2) is 5.78 Å². The molecule has 0 aliphatic carbocycles. The minimum Gasteiger partial charge on any atom is -0.343 e. The molecule has 0 bridgehead atoms. The molecule has 3 aromatic rings. The molecular weight excluding hydrogens is 455 g/mol. The lowest BCUT2D eigenvalue weighted by Gasteiger charge is -2.10. The van der Waals surface area contributed by atoms with Crippen molar-refractivity contribution in [1.82, 2.24) is 9.29 Å². The molecule has 154 valence electrons. The number of aromatic nitrogens is 1. The van der Waals surface area contributed by atoms with Crippen molar-refractivity contribution in [2.75, 3.05) is 12.8 Å². The molecule has 1 N–H and O–H groups in total. The van der Waals surface area contributed by atoms with E-state index in [-0.39, 0.29) is 17.4 Å². The summed E-state index contributed by atoms with van der Waals surface area (Å²) < 4.78 is 27.0. The van der Waals surface area contributed by atoms with Crippen LogP contribution in [0.2, 0.25) is 15.1 Å². The average Bonchev–Trinajstić information content (AvgIpc) is 2.92. The summed E-state index contributed by atoms with van der Waals surface area (Å²) in [6.07, 6.45) is 1.65. The molecule has 1 aromatic heterocycles. The van der Waals surface area contributed by atoms with Crippen LogP contribution in [-0.2, 0) is 16.6 Å². The first-order valence-electron chi connectivity index (χ1n) is 8.82. The Kier molecular flexibility index (Phi) is 6.61. The molecule has 0 aliphatic heterocycles. The van der Waals surface area contributed by atoms with Crippen LogP contribution in [0.1, 0.15) is 28.0 Å². The second kappa shape index (κ2) is 8.66. The van der Waals surface area contributed by atoms with Crippen molar-refractivity contribution in [3.05, 3.63) is 68.3 Å². The number of carbonyl (C=O) groups excluding carboxylic acids is 1. The first-order valence-corrected chi connectivity index (χ1v) is 11.8. The molecule has 5 nitrogen and oxygen atoms in total. The Bertz CT molecular complexity index is 1200. The van der Waals surface area contributed by atoms with Gasteiger partial charge in [-0.3, -0.25) is 4.79 Å². The molecular formula is C20H19Cl3N2O3S. The van der Waals surface area contributed by atoms with Gasteiger partial charge < -0.3 is 4.57 Å². The second-order valence-electron chi connectivity index (χ2n) is 6.70. The normalized spacial score (nSPS) is 11.9. The van der Waals surface area contributed by atoms with E-state index < -0.39 is 10.0 Å². The van der Waals surface area contributed by atoms with Crippen LogP contribution in [0, 0.1) is 6.92 Å². The van der Waals surface area contributed by atoms with E-state index in [1.54, 1.807) is 30.3 Å². The number of halogens is 3. The second-order valence-corrected chi connectivity index (χ2v) is 9.72. The summed E-state index contributed by atoms with van der Waals surface area (Å²) in [6.45, 7) is 2.61. The number of fused-ring (bicyclic) bond motifs is 1. The Hall–Kier alpha value is -1.57. The Morgan fingerprint density at radius 3 is 2.41 bits per heavy atom. The molecule has 0 aliphatic rings. The molecule has 0 amide bonds. The quantitative estimate of drug-likeness (QED) is 0.384. The predicted molar refractivity (Wildman–Crippen MR) is 119 cm³/mol. The number of ketones is 1. The Morgan fingerprint density at radius 2 is 1.72 bits per heavy atom. The summed E-state index contributed by atoms with van der Waals surface area (Å²) in [5, 5.41) is 1.74. The predicted octanol–water partition coefficient (Wildman–Crippen LogP) is 5.08. The molecule has 0 unspecified atom stereocenters. The number of carbonyl (C=O) groups is 1. The van der Waals surface area contributed by atoms with Crippen LogP contribution in [0.5, 0.6) is 0 Å². The summed E-state index contributed by atoms with van der Waals surface area (Å²) in [7, 11) is -3.26. The minimum atomic E-state index is -3.26. The average molecular weight is 474 g/mol. The fourth-order valence-corrected chi connectivity index (χ4v) is 4.54. The number of rotatable bonds is 7. The van der Waals surface area contributed by atoms with E-state index >= 15 is 0 Å². The van der Waals surface area contributed by atoms with Gasteiger partial charge in [0.05, 0.1) is 32.4 Å². The number of para-hydroxylation sites is 1. The van der Waals surface area contributed by atoms with Crippen molar-refractivity contribution < 1.29 is 13.2 Å². The standard InChI is InChI=1S/C20H19Cl3N2O3S/c1-12-17(20(26)14-7-4-8-15(21)18(14)23)13-6-3-9-16(22)19(13)25(12)11-5-10-24-29(2,27)28/h3-4,6-9,24H,5,10-11H2,1-2H3. The lowest BCUT2D eigenvalue weighted by molar-refractivity contribution is 0.103. The third-order valence-electron chi connectivity index (χ3n) is 4.64. The van der Waals surface area contributed by atoms with Gasteiger partial charge in [0, 0.05) is 29.7 Å². The van der Waals surface area contributed by atoms with Crippen LogP contribution in [0.3, 0.4) is 0 Å². The first-order chi connectivity index (χ1) is 13.6. The van der Waals surface area contributed by atoms with Crippen molar-refractivity contribution in [2.24, 2.45) is 0 Å². The molecule has 9 heteroatoms. The third kappa shape index (κ3) is 4.62. The van der Waals surface area contributed by atoms with Gasteiger partial charge in [-0.05, 0) is 31.5 Å². The topological polar surface area (TPSA) is 68.2 Å². The van der Waals surface area contributed by atoms with Gasteiger partial charge >= 0.3 is 0 Å². The molecule has 3 rings (SSSR count). The highest BCUT2D eigenvalue weighted by Gasteiger charge is 2.24. The van der Waals surface area contributed by atoms with E-state index in [1.807, 2.05) is 17.6 Å². The van der Waals surface area contributed by atoms with Gasteiger partial charge in [-0.15, -0.1) is 0 Å². The zero-order chi connectivity index (χ0) is 21.3. The zero-order valence-electron chi connectivity index (χ0n) is 15.8. The van der Waals surface area contributed by atoms with Crippen LogP contribution < -0.4 is 4.72 Å². The lowest BCUT2D eigenvalue weighted by Crippen LogP contribution is -2.24. The van der Waals surface area contributed by atoms with Crippen LogP contribution >= 0.6 is 34.8 Å². The number of nitrogens with one attached hydrogen (secondary N) is 1. The number of hydrogen-bond donors (Lipinski definition) is 1. The van der Waals surface area contributed by atoms with Crippen LogP contribution in [0.25, 0.3) is 10.9 Å². The van der Waals surface area contributed by atoms with Gasteiger partial charge in [-0.1, -0.05) is 53.0 Å². The SMILES string of the molecule is Cc1c(C(=O)c2cccc(Cl)c2Cl)c2cccc(Cl)c2n1CCCNS(C)(=O)=O. The largest absolute Gasteiger partial charge is 0.343 e. The number of sulfonamides is 1. The fraction of sp³-hybridized carbons (Fsp3) is 0.250. The molecule has 0 atom stereocenters. The summed E-state index contributed by atoms with van der Waals surface area (Å²) in [4.78, 5) is 13.3. The first kappa shape index (κ1) is 22.1. The van der Waals surface area contributed by atoms with Crippen LogP contribution in [-0.4, -0.2) is 31.6 Å². The maximum Gasteiger partial charge on any atom is 0.208 e. The summed E-state index contributed by atoms with van der Waals surface area (Å²) in [5.74, 6) is -0.240. The summed E-state index contributed by atoms with van der Waals surface area (Å²) in [6, 6.07) is 10.3. The molecule has 2 aromatic carbocycles. The van der Waals surface area contributed by atoms with E-state index in [9.17, 15) is 13.2 Å². The van der Waals surface area contributed by atoms with Crippen LogP contribution in [0.4, 0.5) is 0 Å². The van der Waals surface area contributed by atoms with Crippen molar-refractivity contribution in [3.63, 3.8) is 0 Å². The van der Waals surface area contributed by atoms with E-state index in [1.165, 1.54) is 0 Å². The summed E-state index contributed by atoms with van der Waals surface area (Å²) in [5.41, 5.74) is 2.28. The lowest BCUT2D eigenvalue weighted by atomic mass is 10.0. The van der Waals surface area contributed by atoms with Crippen molar-refractivity contribution in [3.8, 4) is 0 Å². The van der Waals surface area contributed by atoms with Gasteiger partial charge in [-0.25, -0.2) is 13.1 Å². The molecule has 29 heavy (non-hydrogen) atoms. The van der Waals surface area contributed by atoms with E-state index in [0.717, 1.165) is 17.5 Å². The third-order valence-corrected chi connectivity index (χ3v) is 6.49. The number of nitrogens with zero attached hydrogens (tertiary/aromatic N) is 1. The van der Waals surface area contributed by atoms with E-state index in [2.05, 4.69) is 4.72 Å². The molecule has 0 fully saturated rings. The Morgan fingerprint density at radius 1 is 1.07 bits per heavy atom. The van der Waals surface area contributed by atoms with E-state index in [4.69, 9.17) is 34.8 Å². The van der Waals surface area contributed by atoms with Gasteiger partial charge in [-0.2, -0.15) is 0 Å². The Labute approximate surface area is 184 Å². The molecule has 0 spiro atoms. The molecule has 0 saturated heterocycles. The Balaban J connectivity index is 2.07. The number of benzene rings is 2. The highest BCUT2D eigenvalue weighted by atomic mass is 35.5. The van der Waals surface area contributed by atoms with Crippen molar-refractivity contribution in [1.29, 1.82) is 0 Å². The van der Waals surface area contributed by atoms with Gasteiger partial charge in [0.1, 0.15) is 0 Å². The van der Waals surface area contributed by atoms with E-state index in [0.29, 0.717) is 39.5 Å². The minimum absolute atomic E-state index is 0.207. The molecule has 0 saturated carbocycles. The van der Waals surface area contributed by atoms with Crippen molar-refractivity contribution in [2.45, 2.75) is 19.9 Å². The summed E-state index contributed by atoms with van der Waals surface area (Å²) >= 11 is 18.8. The zero-order valence-corrected chi connectivity index (χ0v) is 18.9. The number of aryl methyl sites for hydroxylation is 1. The molecule has 0 radical (unpaired) electrons. The molecule has 1 heterocycles. The maximum absolute atomic E-state index is 13.3. The van der Waals surface area contributed by atoms with Gasteiger partial charge in [0.2, 0.25) is 10.0 Å². The van der Waals surface area contributed by atoms with Crippen LogP contribution in [0.15, 0.2) is 36.4 Å². The highest BCUT2D eigenvalue weighted by Crippen LogP contribution is 2.35. The highest BCUT2D eigenvalue weighted by molar-refractivity contribution is 7.88. The monoisotopic (exact) mass is 472 g/mol. The number of hydrogen-bond acceptors (Lipinski definition) is 3.